The predicted octanol–water partition coefficient (Wildman–Crippen LogP) is 25.5. The van der Waals surface area contributed by atoms with Crippen LogP contribution in [0.2, 0.25) is 0 Å². The van der Waals surface area contributed by atoms with Gasteiger partial charge in [-0.2, -0.15) is 26.3 Å². The van der Waals surface area contributed by atoms with E-state index in [1.165, 1.54) is 6.08 Å². The Morgan fingerprint density at radius 1 is 0.315 bits per heavy atom. The number of nitriles is 5. The van der Waals surface area contributed by atoms with Gasteiger partial charge in [-0.25, -0.2) is 24.0 Å². The summed E-state index contributed by atoms with van der Waals surface area (Å²) < 4.78 is 67.5. The summed E-state index contributed by atoms with van der Waals surface area (Å²) in [6.07, 6.45) is 1.50. The van der Waals surface area contributed by atoms with Gasteiger partial charge in [0.1, 0.15) is 72.3 Å². The van der Waals surface area contributed by atoms with E-state index in [9.17, 15) is 50.3 Å². The van der Waals surface area contributed by atoms with E-state index in [2.05, 4.69) is 86.3 Å². The van der Waals surface area contributed by atoms with Gasteiger partial charge in [-0.15, -0.1) is 0 Å². The fraction of sp³-hybridized carbons (Fsp3) is 0.268. The fourth-order valence-electron chi connectivity index (χ4n) is 16.6. The Morgan fingerprint density at radius 2 is 0.559 bits per heavy atom. The first-order valence-electron chi connectivity index (χ1n) is 46.8. The predicted molar refractivity (Wildman–Crippen MR) is 559 cm³/mol. The number of ether oxygens (including phenoxy) is 11. The third-order valence-electron chi connectivity index (χ3n) is 23.0. The van der Waals surface area contributed by atoms with Gasteiger partial charge in [-0.1, -0.05) is 107 Å². The molecule has 15 rings (SSSR count). The minimum atomic E-state index is -0.557. The summed E-state index contributed by atoms with van der Waals surface area (Å²) in [5, 5.41) is 67.3. The number of nitrogens with one attached hydrogen (secondary N) is 5. The van der Waals surface area contributed by atoms with Gasteiger partial charge in [0.05, 0.1) is 146 Å². The van der Waals surface area contributed by atoms with Crippen LogP contribution in [0.15, 0.2) is 225 Å². The van der Waals surface area contributed by atoms with Crippen LogP contribution in [-0.4, -0.2) is 136 Å². The molecule has 143 heavy (non-hydrogen) atoms. The molecule has 0 bridgehead atoms. The van der Waals surface area contributed by atoms with Gasteiger partial charge in [-0.3, -0.25) is 26.6 Å². The second-order valence-electron chi connectivity index (χ2n) is 32.5. The lowest BCUT2D eigenvalue weighted by Crippen LogP contribution is -2.16. The number of hydrogen-bond acceptors (Lipinski definition) is 21. The lowest BCUT2D eigenvalue weighted by molar-refractivity contribution is 0.107. The number of carbonyl (C=O) groups is 5. The first-order valence-corrected chi connectivity index (χ1v) is 46.8. The number of nitrogens with zero attached hydrogens (tertiary/aromatic N) is 10. The Labute approximate surface area is 831 Å². The standard InChI is InChI=1S/2C23H25N3O3.C22H23N3O4.C22H23N3O3.C22H21N3O3/c1-5-26-21-12-18(28-4)9-10-19(21)20(13-24)22(26)16-7-6-8-17(11-16)25-23(27)29-14-15(2)3;1-4-6-12-29-23(27)25-17-9-7-8-16(13-17)22-20(15-24)19-11-10-18(28-3)14-21(19)26(22)5-2;1-4-25-20-13-17(28-3)8-9-18(20)19(14-23)21(25)15-6-5-7-16(12-15)24-22(26)29-11-10-27-2;2*1-4-11-28-22(26)24-16-8-6-7-15(12-16)21-19(14-23)18-10-9-17(27-3)13-20(18)25(21)5-2/h6-12,15H,5,14H2,1-4H3,(H,25,27);7-11,13-14H,4-6,12H2,1-3H3,(H,25,27);5-9,12-13H,4,10-11H2,1-3H3,(H,24,26);6-10,12-13H,4-5,11H2,1-3H3,(H,24,26);4,6-10,12-13H,1,5,11H2,2-3H3,(H,24,26). The molecule has 31 nitrogen and oxygen atoms in total. The number of carbonyl (C=O) groups excluding carboxylic acids is 5. The molecule has 10 aromatic carbocycles. The molecule has 5 amide bonds. The smallest absolute Gasteiger partial charge is 0.411 e. The molecule has 5 aromatic heterocycles. The molecule has 0 aliphatic carbocycles. The van der Waals surface area contributed by atoms with Crippen LogP contribution in [0.25, 0.3) is 111 Å². The number of amides is 5. The largest absolute Gasteiger partial charge is 0.497 e. The lowest BCUT2D eigenvalue weighted by Gasteiger charge is -2.12. The van der Waals surface area contributed by atoms with E-state index < -0.39 is 30.5 Å². The van der Waals surface area contributed by atoms with E-state index in [1.54, 1.807) is 73.0 Å². The molecule has 0 saturated heterocycles. The first kappa shape index (κ1) is 106. The molecule has 0 radical (unpaired) electrons. The summed E-state index contributed by atoms with van der Waals surface area (Å²) in [6, 6.07) is 77.2. The highest BCUT2D eigenvalue weighted by atomic mass is 16.6. The van der Waals surface area contributed by atoms with E-state index in [0.29, 0.717) is 115 Å². The second-order valence-corrected chi connectivity index (χ2v) is 32.5. The number of aromatic nitrogens is 5. The number of fused-ring (bicyclic) bond motifs is 5. The van der Waals surface area contributed by atoms with Crippen molar-refractivity contribution < 1.29 is 76.1 Å². The summed E-state index contributed by atoms with van der Waals surface area (Å²) in [6.45, 7) is 26.8. The normalized spacial score (nSPS) is 10.5. The van der Waals surface area contributed by atoms with E-state index in [-0.39, 0.29) is 19.1 Å². The van der Waals surface area contributed by atoms with Gasteiger partial charge in [0.25, 0.3) is 0 Å². The molecule has 736 valence electrons. The summed E-state index contributed by atoms with van der Waals surface area (Å²) >= 11 is 0. The van der Waals surface area contributed by atoms with Crippen LogP contribution in [-0.2, 0) is 61.1 Å². The zero-order chi connectivity index (χ0) is 103. The Hall–Kier alpha value is -17.6. The molecule has 5 heterocycles. The van der Waals surface area contributed by atoms with Crippen LogP contribution < -0.4 is 50.3 Å². The molecule has 0 fully saturated rings. The minimum Gasteiger partial charge on any atom is -0.497 e. The number of aryl methyl sites for hydroxylation is 5. The maximum absolute atomic E-state index is 12.0. The van der Waals surface area contributed by atoms with Crippen molar-refractivity contribution in [3.05, 3.63) is 253 Å². The van der Waals surface area contributed by atoms with Crippen molar-refractivity contribution in [3.63, 3.8) is 0 Å². The summed E-state index contributed by atoms with van der Waals surface area (Å²) in [4.78, 5) is 59.6. The third kappa shape index (κ3) is 25.5. The molecule has 0 atom stereocenters. The molecule has 0 spiro atoms. The van der Waals surface area contributed by atoms with Crippen LogP contribution in [0.4, 0.5) is 52.4 Å². The number of benzene rings is 10. The van der Waals surface area contributed by atoms with Crippen LogP contribution in [0.3, 0.4) is 0 Å². The van der Waals surface area contributed by atoms with Crippen molar-refractivity contribution in [1.82, 2.24) is 22.8 Å². The van der Waals surface area contributed by atoms with Gasteiger partial charge in [0.2, 0.25) is 0 Å². The zero-order valence-electron chi connectivity index (χ0n) is 83.0. The molecule has 0 aliphatic rings. The summed E-state index contributed by atoms with van der Waals surface area (Å²) in [5.74, 6) is 3.95. The second kappa shape index (κ2) is 51.7. The zero-order valence-corrected chi connectivity index (χ0v) is 83.0. The van der Waals surface area contributed by atoms with Gasteiger partial charge >= 0.3 is 30.5 Å². The summed E-state index contributed by atoms with van der Waals surface area (Å²) in [7, 11) is 9.65. The highest BCUT2D eigenvalue weighted by Crippen LogP contribution is 2.43. The van der Waals surface area contributed by atoms with E-state index in [1.807, 2.05) is 244 Å². The molecule has 0 unspecified atom stereocenters. The average Bonchev–Trinajstić information content (AvgIpc) is 1.63. The average molecular weight is 1930 g/mol. The van der Waals surface area contributed by atoms with Gasteiger partial charge in [0, 0.05) is 153 Å². The number of rotatable bonds is 32. The summed E-state index contributed by atoms with van der Waals surface area (Å²) in [5.41, 5.74) is 18.9. The molecule has 0 saturated carbocycles. The Balaban J connectivity index is 0.000000171. The molecular formula is C112H117N15O16. The van der Waals surface area contributed by atoms with Crippen LogP contribution in [0.1, 0.15) is 109 Å². The van der Waals surface area contributed by atoms with Crippen molar-refractivity contribution in [2.75, 3.05) is 109 Å². The number of hydrogen-bond donors (Lipinski definition) is 5. The Morgan fingerprint density at radius 3 is 0.776 bits per heavy atom. The maximum atomic E-state index is 12.0. The molecule has 0 aliphatic heterocycles. The number of unbranched alkanes of at least 4 members (excludes halogenated alkanes) is 1. The SMILES string of the molecule is C=CCOC(=O)Nc1cccc(-c2c(C#N)c3ccc(OC)cc3n2CC)c1.CCCCOC(=O)Nc1cccc(-c2c(C#N)c3ccc(OC)cc3n2CC)c1.CCCOC(=O)Nc1cccc(-c2c(C#N)c3ccc(OC)cc3n2CC)c1.CCn1c(-c2cccc(NC(=O)OCC(C)C)c2)c(C#N)c2ccc(OC)cc21.CCn1c(-c2cccc(NC(=O)OCCOC)c2)c(C#N)c2ccc(OC)cc21. The molecule has 15 aromatic rings. The maximum Gasteiger partial charge on any atom is 0.411 e. The lowest BCUT2D eigenvalue weighted by atomic mass is 10.1. The number of methoxy groups -OCH3 is 6. The Kier molecular flexibility index (Phi) is 38.3. The van der Waals surface area contributed by atoms with E-state index in [4.69, 9.17) is 52.1 Å². The Bertz CT molecular complexity index is 7150. The van der Waals surface area contributed by atoms with Crippen molar-refractivity contribution in [2.45, 2.75) is 114 Å². The van der Waals surface area contributed by atoms with Crippen molar-refractivity contribution in [3.8, 4) is 115 Å². The van der Waals surface area contributed by atoms with Crippen LogP contribution in [0, 0.1) is 62.6 Å². The highest BCUT2D eigenvalue weighted by Gasteiger charge is 2.27. The van der Waals surface area contributed by atoms with Crippen molar-refractivity contribution >= 4 is 113 Å². The molecular weight excluding hydrogens is 1810 g/mol. The third-order valence-corrected chi connectivity index (χ3v) is 23.0. The van der Waals surface area contributed by atoms with E-state index >= 15 is 0 Å². The van der Waals surface area contributed by atoms with Crippen LogP contribution >= 0.6 is 0 Å². The van der Waals surface area contributed by atoms with Crippen LogP contribution in [0.5, 0.6) is 28.7 Å². The van der Waals surface area contributed by atoms with Crippen molar-refractivity contribution in [1.29, 1.82) is 26.3 Å². The van der Waals surface area contributed by atoms with E-state index in [0.717, 1.165) is 159 Å². The first-order chi connectivity index (χ1) is 69.5. The fourth-order valence-corrected chi connectivity index (χ4v) is 16.6. The van der Waals surface area contributed by atoms with Gasteiger partial charge < -0.3 is 74.9 Å². The molecule has 5 N–H and O–H groups in total. The molecule has 31 heteroatoms. The quantitative estimate of drug-likeness (QED) is 0.0148. The van der Waals surface area contributed by atoms with Gasteiger partial charge in [0.15, 0.2) is 0 Å². The number of anilines is 5. The minimum absolute atomic E-state index is 0.135. The van der Waals surface area contributed by atoms with Crippen molar-refractivity contribution in [2.24, 2.45) is 5.92 Å². The van der Waals surface area contributed by atoms with Gasteiger partial charge in [-0.05, 0) is 175 Å². The highest BCUT2D eigenvalue weighted by molar-refractivity contribution is 6.02. The topological polar surface area (TPSA) is 391 Å². The monoisotopic (exact) mass is 1930 g/mol.